The van der Waals surface area contributed by atoms with Crippen LogP contribution in [0.4, 0.5) is 5.69 Å². The number of rotatable bonds is 4. The number of hydrogen-bond donors (Lipinski definition) is 1. The van der Waals surface area contributed by atoms with Crippen LogP contribution in [0.2, 0.25) is 0 Å². The summed E-state index contributed by atoms with van der Waals surface area (Å²) in [5, 5.41) is 5.87. The second-order valence-corrected chi connectivity index (χ2v) is 6.98. The molecule has 2 heterocycles. The topological polar surface area (TPSA) is 44.8 Å². The van der Waals surface area contributed by atoms with E-state index in [0.29, 0.717) is 24.8 Å². The van der Waals surface area contributed by atoms with Gasteiger partial charge in [-0.1, -0.05) is 6.07 Å². The standard InChI is InChI=1S/C18H21N3O2S2/c1-2-23-15-7-5-14(6-8-15)19-18(24)21-11-9-20(10-12-21)17(22)16-4-3-13-25-16/h3-8,13H,2,9-12H2,1H3,(H,19,24). The summed E-state index contributed by atoms with van der Waals surface area (Å²) in [6.07, 6.45) is 0. The molecule has 0 aliphatic carbocycles. The fourth-order valence-electron chi connectivity index (χ4n) is 2.67. The normalized spacial score (nSPS) is 14.3. The Morgan fingerprint density at radius 3 is 2.44 bits per heavy atom. The minimum Gasteiger partial charge on any atom is -0.494 e. The lowest BCUT2D eigenvalue weighted by Gasteiger charge is -2.36. The molecule has 1 amide bonds. The highest BCUT2D eigenvalue weighted by atomic mass is 32.1. The first-order valence-corrected chi connectivity index (χ1v) is 9.57. The van der Waals surface area contributed by atoms with E-state index in [1.165, 1.54) is 11.3 Å². The zero-order chi connectivity index (χ0) is 17.6. The molecule has 1 aliphatic heterocycles. The van der Waals surface area contributed by atoms with Gasteiger partial charge in [0.05, 0.1) is 11.5 Å². The third-order valence-corrected chi connectivity index (χ3v) is 5.22. The van der Waals surface area contributed by atoms with Gasteiger partial charge in [0.25, 0.3) is 5.91 Å². The second kappa shape index (κ2) is 8.31. The second-order valence-electron chi connectivity index (χ2n) is 5.64. The molecular weight excluding hydrogens is 354 g/mol. The number of nitrogens with zero attached hydrogens (tertiary/aromatic N) is 2. The van der Waals surface area contributed by atoms with Crippen LogP contribution in [0.1, 0.15) is 16.6 Å². The van der Waals surface area contributed by atoms with Crippen LogP contribution in [0.25, 0.3) is 0 Å². The Morgan fingerprint density at radius 2 is 1.84 bits per heavy atom. The van der Waals surface area contributed by atoms with E-state index in [1.54, 1.807) is 0 Å². The van der Waals surface area contributed by atoms with Crippen LogP contribution >= 0.6 is 23.6 Å². The first-order valence-electron chi connectivity index (χ1n) is 8.29. The zero-order valence-corrected chi connectivity index (χ0v) is 15.7. The summed E-state index contributed by atoms with van der Waals surface area (Å²) in [7, 11) is 0. The van der Waals surface area contributed by atoms with E-state index in [1.807, 2.05) is 53.6 Å². The highest BCUT2D eigenvalue weighted by Crippen LogP contribution is 2.17. The van der Waals surface area contributed by atoms with Crippen LogP contribution in [0.3, 0.4) is 0 Å². The molecule has 5 nitrogen and oxygen atoms in total. The average molecular weight is 376 g/mol. The summed E-state index contributed by atoms with van der Waals surface area (Å²) in [5.74, 6) is 0.958. The van der Waals surface area contributed by atoms with Gasteiger partial charge in [0.2, 0.25) is 0 Å². The van der Waals surface area contributed by atoms with Crippen LogP contribution in [0.5, 0.6) is 5.75 Å². The van der Waals surface area contributed by atoms with Crippen molar-refractivity contribution in [2.75, 3.05) is 38.1 Å². The molecule has 0 saturated carbocycles. The Kier molecular flexibility index (Phi) is 5.88. The molecule has 0 radical (unpaired) electrons. The van der Waals surface area contributed by atoms with E-state index < -0.39 is 0 Å². The van der Waals surface area contributed by atoms with Crippen molar-refractivity contribution < 1.29 is 9.53 Å². The number of thiophene rings is 1. The van der Waals surface area contributed by atoms with Gasteiger partial charge in [0.15, 0.2) is 5.11 Å². The third-order valence-electron chi connectivity index (χ3n) is 4.00. The number of benzene rings is 1. The number of carbonyl (C=O) groups excluding carboxylic acids is 1. The Labute approximate surface area is 157 Å². The summed E-state index contributed by atoms with van der Waals surface area (Å²) < 4.78 is 5.44. The van der Waals surface area contributed by atoms with Crippen LogP contribution in [-0.2, 0) is 0 Å². The molecule has 1 fully saturated rings. The Morgan fingerprint density at radius 1 is 1.16 bits per heavy atom. The number of piperazine rings is 1. The molecule has 1 aromatic carbocycles. The van der Waals surface area contributed by atoms with Crippen LogP contribution < -0.4 is 10.1 Å². The Hall–Kier alpha value is -2.12. The molecule has 3 rings (SSSR count). The van der Waals surface area contributed by atoms with Gasteiger partial charge in [-0.25, -0.2) is 0 Å². The summed E-state index contributed by atoms with van der Waals surface area (Å²) in [4.78, 5) is 17.2. The first-order chi connectivity index (χ1) is 12.2. The van der Waals surface area contributed by atoms with Crippen molar-refractivity contribution in [3.8, 4) is 5.75 Å². The number of amides is 1. The zero-order valence-electron chi connectivity index (χ0n) is 14.1. The summed E-state index contributed by atoms with van der Waals surface area (Å²) in [5.41, 5.74) is 0.936. The predicted molar refractivity (Wildman–Crippen MR) is 106 cm³/mol. The van der Waals surface area contributed by atoms with E-state index in [4.69, 9.17) is 17.0 Å². The van der Waals surface area contributed by atoms with E-state index in [-0.39, 0.29) is 5.91 Å². The lowest BCUT2D eigenvalue weighted by Crippen LogP contribution is -2.51. The molecule has 1 N–H and O–H groups in total. The number of hydrogen-bond acceptors (Lipinski definition) is 4. The predicted octanol–water partition coefficient (Wildman–Crippen LogP) is 3.30. The summed E-state index contributed by atoms with van der Waals surface area (Å²) >= 11 is 6.99. The molecule has 132 valence electrons. The Bertz CT molecular complexity index is 708. The lowest BCUT2D eigenvalue weighted by atomic mass is 10.3. The van der Waals surface area contributed by atoms with Gasteiger partial charge in [0.1, 0.15) is 5.75 Å². The van der Waals surface area contributed by atoms with Crippen molar-refractivity contribution in [2.45, 2.75) is 6.92 Å². The largest absolute Gasteiger partial charge is 0.494 e. The SMILES string of the molecule is CCOc1ccc(NC(=S)N2CCN(C(=O)c3cccs3)CC2)cc1. The smallest absolute Gasteiger partial charge is 0.264 e. The first kappa shape index (κ1) is 17.7. The van der Waals surface area contributed by atoms with E-state index in [9.17, 15) is 4.79 Å². The van der Waals surface area contributed by atoms with Crippen molar-refractivity contribution in [3.63, 3.8) is 0 Å². The van der Waals surface area contributed by atoms with Crippen molar-refractivity contribution >= 4 is 40.3 Å². The van der Waals surface area contributed by atoms with Crippen LogP contribution in [-0.4, -0.2) is 53.6 Å². The van der Waals surface area contributed by atoms with Gasteiger partial charge in [0, 0.05) is 31.9 Å². The molecule has 1 saturated heterocycles. The maximum atomic E-state index is 12.4. The maximum absolute atomic E-state index is 12.4. The summed E-state index contributed by atoms with van der Waals surface area (Å²) in [6.45, 7) is 5.45. The molecule has 0 unspecified atom stereocenters. The average Bonchev–Trinajstić information content (AvgIpc) is 3.18. The van der Waals surface area contributed by atoms with Crippen molar-refractivity contribution in [3.05, 3.63) is 46.7 Å². The van der Waals surface area contributed by atoms with Gasteiger partial charge in [-0.15, -0.1) is 11.3 Å². The Balaban J connectivity index is 1.50. The number of thiocarbonyl (C=S) groups is 1. The molecule has 0 atom stereocenters. The number of nitrogens with one attached hydrogen (secondary N) is 1. The quantitative estimate of drug-likeness (QED) is 0.831. The van der Waals surface area contributed by atoms with E-state index in [0.717, 1.165) is 29.4 Å². The van der Waals surface area contributed by atoms with Crippen LogP contribution in [0, 0.1) is 0 Å². The number of ether oxygens (including phenoxy) is 1. The fraction of sp³-hybridized carbons (Fsp3) is 0.333. The maximum Gasteiger partial charge on any atom is 0.264 e. The fourth-order valence-corrected chi connectivity index (χ4v) is 3.66. The van der Waals surface area contributed by atoms with Crippen molar-refractivity contribution in [1.29, 1.82) is 0 Å². The molecule has 25 heavy (non-hydrogen) atoms. The minimum absolute atomic E-state index is 0.111. The summed E-state index contributed by atoms with van der Waals surface area (Å²) in [6, 6.07) is 11.5. The minimum atomic E-state index is 0.111. The molecule has 1 aromatic heterocycles. The van der Waals surface area contributed by atoms with Crippen molar-refractivity contribution in [1.82, 2.24) is 9.80 Å². The van der Waals surface area contributed by atoms with Gasteiger partial charge in [-0.2, -0.15) is 0 Å². The molecule has 1 aliphatic rings. The number of anilines is 1. The molecular formula is C18H21N3O2S2. The van der Waals surface area contributed by atoms with Gasteiger partial charge >= 0.3 is 0 Å². The molecule has 0 bridgehead atoms. The van der Waals surface area contributed by atoms with Crippen LogP contribution in [0.15, 0.2) is 41.8 Å². The van der Waals surface area contributed by atoms with Gasteiger partial charge < -0.3 is 19.9 Å². The third kappa shape index (κ3) is 4.49. The molecule has 0 spiro atoms. The monoisotopic (exact) mass is 375 g/mol. The van der Waals surface area contributed by atoms with Crippen molar-refractivity contribution in [2.24, 2.45) is 0 Å². The lowest BCUT2D eigenvalue weighted by molar-refractivity contribution is 0.0698. The van der Waals surface area contributed by atoms with E-state index >= 15 is 0 Å². The van der Waals surface area contributed by atoms with Gasteiger partial charge in [-0.05, 0) is 54.9 Å². The van der Waals surface area contributed by atoms with E-state index in [2.05, 4.69) is 10.2 Å². The highest BCUT2D eigenvalue weighted by molar-refractivity contribution is 7.80. The molecule has 2 aromatic rings. The highest BCUT2D eigenvalue weighted by Gasteiger charge is 2.23. The van der Waals surface area contributed by atoms with Gasteiger partial charge in [-0.3, -0.25) is 4.79 Å². The molecule has 7 heteroatoms. The number of carbonyl (C=O) groups is 1.